The Morgan fingerprint density at radius 3 is 2.74 bits per heavy atom. The molecule has 0 heterocycles. The molecule has 6 heteroatoms. The maximum atomic E-state index is 12.2. The molecule has 0 bridgehead atoms. The molecule has 0 saturated carbocycles. The maximum Gasteiger partial charge on any atom is 0.260 e. The molecular weight excluding hydrogens is 382 g/mol. The van der Waals surface area contributed by atoms with Gasteiger partial charge in [-0.1, -0.05) is 33.6 Å². The lowest BCUT2D eigenvalue weighted by Gasteiger charge is -2.19. The van der Waals surface area contributed by atoms with Crippen LogP contribution in [0.25, 0.3) is 0 Å². The number of rotatable bonds is 6. The molecule has 1 amide bonds. The number of nitrogens with zero attached hydrogens (tertiary/aromatic N) is 1. The summed E-state index contributed by atoms with van der Waals surface area (Å²) in [4.78, 5) is 13.8. The smallest absolute Gasteiger partial charge is 0.260 e. The third kappa shape index (κ3) is 5.15. The van der Waals surface area contributed by atoms with Crippen molar-refractivity contribution in [1.82, 2.24) is 4.90 Å². The average Bonchev–Trinajstić information content (AvgIpc) is 2.53. The lowest BCUT2D eigenvalue weighted by Crippen LogP contribution is -2.31. The van der Waals surface area contributed by atoms with Gasteiger partial charge in [-0.3, -0.25) is 4.79 Å². The van der Waals surface area contributed by atoms with Crippen molar-refractivity contribution >= 4 is 33.4 Å². The SMILES string of the molecule is COc1ccc(Br)cc1CN(C)C(=O)COc1cccc(Cl)c1. The van der Waals surface area contributed by atoms with E-state index in [1.54, 1.807) is 43.3 Å². The Labute approximate surface area is 149 Å². The van der Waals surface area contributed by atoms with E-state index < -0.39 is 0 Å². The van der Waals surface area contributed by atoms with Gasteiger partial charge < -0.3 is 14.4 Å². The Morgan fingerprint density at radius 1 is 1.26 bits per heavy atom. The summed E-state index contributed by atoms with van der Waals surface area (Å²) >= 11 is 9.31. The van der Waals surface area contributed by atoms with Gasteiger partial charge in [0.15, 0.2) is 6.61 Å². The Kier molecular flexibility index (Phi) is 6.30. The number of ether oxygens (including phenoxy) is 2. The van der Waals surface area contributed by atoms with E-state index in [1.807, 2.05) is 18.2 Å². The van der Waals surface area contributed by atoms with Crippen LogP contribution >= 0.6 is 27.5 Å². The monoisotopic (exact) mass is 397 g/mol. The molecule has 122 valence electrons. The predicted molar refractivity (Wildman–Crippen MR) is 94.1 cm³/mol. The lowest BCUT2D eigenvalue weighted by molar-refractivity contribution is -0.132. The van der Waals surface area contributed by atoms with Gasteiger partial charge >= 0.3 is 0 Å². The van der Waals surface area contributed by atoms with Gasteiger partial charge in [0.1, 0.15) is 11.5 Å². The summed E-state index contributed by atoms with van der Waals surface area (Å²) in [6.07, 6.45) is 0. The third-order valence-corrected chi connectivity index (χ3v) is 3.96. The first-order valence-electron chi connectivity index (χ1n) is 6.94. The van der Waals surface area contributed by atoms with E-state index in [1.165, 1.54) is 0 Å². The molecule has 0 spiro atoms. The molecule has 0 aliphatic carbocycles. The van der Waals surface area contributed by atoms with Crippen LogP contribution in [0.3, 0.4) is 0 Å². The number of hydrogen-bond donors (Lipinski definition) is 0. The van der Waals surface area contributed by atoms with Gasteiger partial charge in [0.05, 0.1) is 7.11 Å². The molecule has 2 aromatic rings. The molecule has 0 atom stereocenters. The summed E-state index contributed by atoms with van der Waals surface area (Å²) in [5, 5.41) is 0.571. The Hall–Kier alpha value is -1.72. The van der Waals surface area contributed by atoms with E-state index in [2.05, 4.69) is 15.9 Å². The summed E-state index contributed by atoms with van der Waals surface area (Å²) in [6, 6.07) is 12.6. The minimum atomic E-state index is -0.132. The first-order valence-corrected chi connectivity index (χ1v) is 8.11. The first-order chi connectivity index (χ1) is 11.0. The van der Waals surface area contributed by atoms with Crippen LogP contribution in [0.4, 0.5) is 0 Å². The number of halogens is 2. The summed E-state index contributed by atoms with van der Waals surface area (Å²) in [7, 11) is 3.33. The van der Waals surface area contributed by atoms with Crippen LogP contribution in [-0.4, -0.2) is 31.6 Å². The third-order valence-electron chi connectivity index (χ3n) is 3.23. The minimum absolute atomic E-state index is 0.0485. The predicted octanol–water partition coefficient (Wildman–Crippen LogP) is 4.15. The van der Waals surface area contributed by atoms with Gasteiger partial charge in [0.2, 0.25) is 0 Å². The zero-order valence-electron chi connectivity index (χ0n) is 12.9. The van der Waals surface area contributed by atoms with Crippen molar-refractivity contribution in [3.63, 3.8) is 0 Å². The van der Waals surface area contributed by atoms with Crippen LogP contribution in [0.15, 0.2) is 46.9 Å². The molecule has 4 nitrogen and oxygen atoms in total. The van der Waals surface area contributed by atoms with Crippen molar-refractivity contribution in [2.45, 2.75) is 6.54 Å². The molecule has 0 aromatic heterocycles. The van der Waals surface area contributed by atoms with Crippen LogP contribution in [0, 0.1) is 0 Å². The highest BCUT2D eigenvalue weighted by atomic mass is 79.9. The van der Waals surface area contributed by atoms with Gasteiger partial charge in [-0.25, -0.2) is 0 Å². The number of carbonyl (C=O) groups excluding carboxylic acids is 1. The second-order valence-corrected chi connectivity index (χ2v) is 6.30. The Balaban J connectivity index is 1.96. The van der Waals surface area contributed by atoms with Gasteiger partial charge in [-0.2, -0.15) is 0 Å². The van der Waals surface area contributed by atoms with Crippen molar-refractivity contribution in [3.8, 4) is 11.5 Å². The summed E-state index contributed by atoms with van der Waals surface area (Å²) in [6.45, 7) is 0.382. The molecule has 0 aliphatic heterocycles. The molecular formula is C17H17BrClNO3. The van der Waals surface area contributed by atoms with E-state index in [0.29, 0.717) is 17.3 Å². The molecule has 2 rings (SSSR count). The van der Waals surface area contributed by atoms with Crippen LogP contribution < -0.4 is 9.47 Å². The zero-order valence-corrected chi connectivity index (χ0v) is 15.2. The Bertz CT molecular complexity index is 693. The van der Waals surface area contributed by atoms with Gasteiger partial charge in [-0.15, -0.1) is 0 Å². The molecule has 0 aliphatic rings. The molecule has 0 radical (unpaired) electrons. The van der Waals surface area contributed by atoms with E-state index in [0.717, 1.165) is 15.8 Å². The van der Waals surface area contributed by atoms with Crippen molar-refractivity contribution in [3.05, 3.63) is 57.5 Å². The normalized spacial score (nSPS) is 10.3. The van der Waals surface area contributed by atoms with E-state index in [9.17, 15) is 4.79 Å². The van der Waals surface area contributed by atoms with Crippen molar-refractivity contribution < 1.29 is 14.3 Å². The van der Waals surface area contributed by atoms with Crippen molar-refractivity contribution in [2.75, 3.05) is 20.8 Å². The summed E-state index contributed by atoms with van der Waals surface area (Å²) in [5.74, 6) is 1.18. The molecule has 0 N–H and O–H groups in total. The highest BCUT2D eigenvalue weighted by molar-refractivity contribution is 9.10. The molecule has 0 saturated heterocycles. The van der Waals surface area contributed by atoms with Crippen molar-refractivity contribution in [1.29, 1.82) is 0 Å². The summed E-state index contributed by atoms with van der Waals surface area (Å²) < 4.78 is 11.7. The van der Waals surface area contributed by atoms with Gasteiger partial charge in [0, 0.05) is 28.7 Å². The highest BCUT2D eigenvalue weighted by Crippen LogP contribution is 2.24. The number of carbonyl (C=O) groups is 1. The average molecular weight is 399 g/mol. The lowest BCUT2D eigenvalue weighted by atomic mass is 10.2. The highest BCUT2D eigenvalue weighted by Gasteiger charge is 2.13. The molecule has 2 aromatic carbocycles. The van der Waals surface area contributed by atoms with Crippen LogP contribution in [-0.2, 0) is 11.3 Å². The van der Waals surface area contributed by atoms with E-state index in [-0.39, 0.29) is 12.5 Å². The quantitative estimate of drug-likeness (QED) is 0.734. The fraction of sp³-hybridized carbons (Fsp3) is 0.235. The van der Waals surface area contributed by atoms with Gasteiger partial charge in [-0.05, 0) is 36.4 Å². The summed E-state index contributed by atoms with van der Waals surface area (Å²) in [5.41, 5.74) is 0.917. The van der Waals surface area contributed by atoms with E-state index in [4.69, 9.17) is 21.1 Å². The second-order valence-electron chi connectivity index (χ2n) is 4.95. The fourth-order valence-corrected chi connectivity index (χ4v) is 2.62. The topological polar surface area (TPSA) is 38.8 Å². The fourth-order valence-electron chi connectivity index (χ4n) is 2.03. The Morgan fingerprint density at radius 2 is 2.04 bits per heavy atom. The first kappa shape index (κ1) is 17.6. The molecule has 0 unspecified atom stereocenters. The number of amides is 1. The van der Waals surface area contributed by atoms with Gasteiger partial charge in [0.25, 0.3) is 5.91 Å². The second kappa shape index (κ2) is 8.22. The van der Waals surface area contributed by atoms with Crippen LogP contribution in [0.1, 0.15) is 5.56 Å². The largest absolute Gasteiger partial charge is 0.496 e. The molecule has 23 heavy (non-hydrogen) atoms. The van der Waals surface area contributed by atoms with Crippen molar-refractivity contribution in [2.24, 2.45) is 0 Å². The standard InChI is InChI=1S/C17H17BrClNO3/c1-20(10-12-8-13(18)6-7-16(12)22-2)17(21)11-23-15-5-3-4-14(19)9-15/h3-9H,10-11H2,1-2H3. The van der Waals surface area contributed by atoms with E-state index >= 15 is 0 Å². The number of benzene rings is 2. The maximum absolute atomic E-state index is 12.2. The van der Waals surface area contributed by atoms with Crippen LogP contribution in [0.5, 0.6) is 11.5 Å². The molecule has 0 fully saturated rings. The zero-order chi connectivity index (χ0) is 16.8. The van der Waals surface area contributed by atoms with Crippen LogP contribution in [0.2, 0.25) is 5.02 Å². The number of hydrogen-bond acceptors (Lipinski definition) is 3. The number of methoxy groups -OCH3 is 1. The minimum Gasteiger partial charge on any atom is -0.496 e. The number of likely N-dealkylation sites (N-methyl/N-ethyl adjacent to an activating group) is 1.